The van der Waals surface area contributed by atoms with Crippen molar-refractivity contribution in [3.63, 3.8) is 0 Å². The third-order valence-corrected chi connectivity index (χ3v) is 6.69. The second-order valence-electron chi connectivity index (χ2n) is 8.30. The van der Waals surface area contributed by atoms with Crippen molar-refractivity contribution < 1.29 is 22.7 Å². The van der Waals surface area contributed by atoms with Crippen LogP contribution in [0.15, 0.2) is 71.8 Å². The van der Waals surface area contributed by atoms with E-state index in [1.807, 2.05) is 49.4 Å². The number of benzene rings is 3. The van der Waals surface area contributed by atoms with E-state index in [0.29, 0.717) is 41.7 Å². The lowest BCUT2D eigenvalue weighted by Crippen LogP contribution is -2.29. The molecule has 0 bridgehead atoms. The average molecular weight is 494 g/mol. The minimum atomic E-state index is -3.53. The third kappa shape index (κ3) is 5.99. The molecular weight excluding hydrogens is 466 g/mol. The van der Waals surface area contributed by atoms with Crippen LogP contribution in [0, 0.1) is 6.92 Å². The predicted octanol–water partition coefficient (Wildman–Crippen LogP) is 3.89. The summed E-state index contributed by atoms with van der Waals surface area (Å²) in [6, 6.07) is 19.5. The van der Waals surface area contributed by atoms with Gasteiger partial charge in [0.1, 0.15) is 13.2 Å². The summed E-state index contributed by atoms with van der Waals surface area (Å²) in [4.78, 5) is 12.6. The molecule has 0 fully saturated rings. The van der Waals surface area contributed by atoms with Gasteiger partial charge in [-0.05, 0) is 61.9 Å². The number of carbonyl (C=O) groups is 1. The zero-order valence-corrected chi connectivity index (χ0v) is 20.6. The van der Waals surface area contributed by atoms with Gasteiger partial charge in [-0.1, -0.05) is 29.8 Å². The number of fused-ring (bicyclic) bond motifs is 1. The van der Waals surface area contributed by atoms with Crippen LogP contribution in [0.1, 0.15) is 34.0 Å². The molecule has 4 rings (SSSR count). The highest BCUT2D eigenvalue weighted by atomic mass is 32.2. The number of rotatable bonds is 7. The first-order valence-corrected chi connectivity index (χ1v) is 12.9. The smallest absolute Gasteiger partial charge is 0.271 e. The van der Waals surface area contributed by atoms with E-state index in [9.17, 15) is 13.2 Å². The second-order valence-corrected chi connectivity index (χ2v) is 10.2. The van der Waals surface area contributed by atoms with Gasteiger partial charge in [-0.25, -0.2) is 13.8 Å². The van der Waals surface area contributed by atoms with Crippen LogP contribution in [-0.2, 0) is 16.6 Å². The Kier molecular flexibility index (Phi) is 7.07. The van der Waals surface area contributed by atoms with Gasteiger partial charge in [-0.3, -0.25) is 9.10 Å². The minimum Gasteiger partial charge on any atom is -0.486 e. The summed E-state index contributed by atoms with van der Waals surface area (Å²) >= 11 is 0. The molecule has 0 spiro atoms. The summed E-state index contributed by atoms with van der Waals surface area (Å²) in [5.41, 5.74) is 6.74. The SMILES string of the molecule is C/C(=N/NC(=O)c1ccc(N(Cc2ccc(C)cc2)S(C)(=O)=O)cc1)c1ccc2c(c1)OCCO2. The zero-order valence-electron chi connectivity index (χ0n) is 19.8. The van der Waals surface area contributed by atoms with E-state index in [1.54, 1.807) is 31.2 Å². The number of hydrogen-bond donors (Lipinski definition) is 1. The first kappa shape index (κ1) is 24.3. The summed E-state index contributed by atoms with van der Waals surface area (Å²) in [6.45, 7) is 4.96. The highest BCUT2D eigenvalue weighted by Gasteiger charge is 2.19. The molecule has 1 heterocycles. The maximum Gasteiger partial charge on any atom is 0.271 e. The Hall–Kier alpha value is -3.85. The quantitative estimate of drug-likeness (QED) is 0.398. The Bertz CT molecular complexity index is 1350. The van der Waals surface area contributed by atoms with Crippen LogP contribution < -0.4 is 19.2 Å². The summed E-state index contributed by atoms with van der Waals surface area (Å²) in [6.07, 6.45) is 1.16. The lowest BCUT2D eigenvalue weighted by Gasteiger charge is -2.23. The van der Waals surface area contributed by atoms with Crippen molar-refractivity contribution in [1.82, 2.24) is 5.43 Å². The largest absolute Gasteiger partial charge is 0.486 e. The maximum absolute atomic E-state index is 12.6. The molecule has 0 aliphatic carbocycles. The third-order valence-electron chi connectivity index (χ3n) is 5.55. The molecule has 0 radical (unpaired) electrons. The molecule has 0 unspecified atom stereocenters. The molecule has 3 aromatic rings. The molecule has 0 atom stereocenters. The van der Waals surface area contributed by atoms with Crippen molar-refractivity contribution in [3.8, 4) is 11.5 Å². The van der Waals surface area contributed by atoms with Crippen molar-refractivity contribution in [1.29, 1.82) is 0 Å². The topological polar surface area (TPSA) is 97.3 Å². The molecule has 1 aliphatic heterocycles. The number of aryl methyl sites for hydroxylation is 1. The number of hydrogen-bond acceptors (Lipinski definition) is 6. The number of nitrogens with zero attached hydrogens (tertiary/aromatic N) is 2. The second kappa shape index (κ2) is 10.2. The summed E-state index contributed by atoms with van der Waals surface area (Å²) in [5.74, 6) is 0.923. The number of hydrazone groups is 1. The number of nitrogens with one attached hydrogen (secondary N) is 1. The van der Waals surface area contributed by atoms with Crippen LogP contribution >= 0.6 is 0 Å². The van der Waals surface area contributed by atoms with Gasteiger partial charge < -0.3 is 9.47 Å². The van der Waals surface area contributed by atoms with Crippen LogP contribution in [0.5, 0.6) is 11.5 Å². The van der Waals surface area contributed by atoms with Gasteiger partial charge in [0.25, 0.3) is 5.91 Å². The molecule has 1 aliphatic rings. The molecule has 1 amide bonds. The van der Waals surface area contributed by atoms with E-state index in [-0.39, 0.29) is 6.54 Å². The van der Waals surface area contributed by atoms with Crippen molar-refractivity contribution in [2.45, 2.75) is 20.4 Å². The molecule has 0 aromatic heterocycles. The first-order valence-electron chi connectivity index (χ1n) is 11.1. The lowest BCUT2D eigenvalue weighted by molar-refractivity contribution is 0.0955. The first-order chi connectivity index (χ1) is 16.7. The van der Waals surface area contributed by atoms with Crippen molar-refractivity contribution in [2.75, 3.05) is 23.8 Å². The molecule has 0 saturated carbocycles. The molecular formula is C26H27N3O5S. The normalized spacial score (nSPS) is 13.3. The molecule has 8 nitrogen and oxygen atoms in total. The number of sulfonamides is 1. The monoisotopic (exact) mass is 493 g/mol. The van der Waals surface area contributed by atoms with Crippen LogP contribution in [-0.4, -0.2) is 39.5 Å². The number of carbonyl (C=O) groups excluding carboxylic acids is 1. The van der Waals surface area contributed by atoms with E-state index in [0.717, 1.165) is 22.9 Å². The van der Waals surface area contributed by atoms with Gasteiger partial charge in [0.2, 0.25) is 10.0 Å². The number of amides is 1. The van der Waals surface area contributed by atoms with E-state index < -0.39 is 15.9 Å². The van der Waals surface area contributed by atoms with E-state index in [4.69, 9.17) is 9.47 Å². The van der Waals surface area contributed by atoms with E-state index in [2.05, 4.69) is 10.5 Å². The molecule has 0 saturated heterocycles. The van der Waals surface area contributed by atoms with Gasteiger partial charge >= 0.3 is 0 Å². The fourth-order valence-electron chi connectivity index (χ4n) is 3.57. The molecule has 1 N–H and O–H groups in total. The van der Waals surface area contributed by atoms with Crippen LogP contribution in [0.3, 0.4) is 0 Å². The van der Waals surface area contributed by atoms with Crippen LogP contribution in [0.4, 0.5) is 5.69 Å². The summed E-state index contributed by atoms with van der Waals surface area (Å²) < 4.78 is 37.3. The predicted molar refractivity (Wildman–Crippen MR) is 136 cm³/mol. The number of ether oxygens (including phenoxy) is 2. The van der Waals surface area contributed by atoms with Crippen LogP contribution in [0.2, 0.25) is 0 Å². The Morgan fingerprint density at radius 1 is 0.943 bits per heavy atom. The number of anilines is 1. The average Bonchev–Trinajstić information content (AvgIpc) is 2.86. The van der Waals surface area contributed by atoms with Gasteiger partial charge in [-0.15, -0.1) is 0 Å². The molecule has 3 aromatic carbocycles. The Morgan fingerprint density at radius 2 is 1.57 bits per heavy atom. The molecule has 182 valence electrons. The van der Waals surface area contributed by atoms with Crippen molar-refractivity contribution in [2.24, 2.45) is 5.10 Å². The fourth-order valence-corrected chi connectivity index (χ4v) is 4.46. The van der Waals surface area contributed by atoms with Gasteiger partial charge in [0.05, 0.1) is 24.2 Å². The Balaban J connectivity index is 1.46. The fraction of sp³-hybridized carbons (Fsp3) is 0.231. The van der Waals surface area contributed by atoms with Gasteiger partial charge in [-0.2, -0.15) is 5.10 Å². The minimum absolute atomic E-state index is 0.198. The summed E-state index contributed by atoms with van der Waals surface area (Å²) in [7, 11) is -3.53. The highest BCUT2D eigenvalue weighted by molar-refractivity contribution is 7.92. The van der Waals surface area contributed by atoms with E-state index in [1.165, 1.54) is 4.31 Å². The van der Waals surface area contributed by atoms with Crippen molar-refractivity contribution >= 4 is 27.3 Å². The standard InChI is InChI=1S/C26H27N3O5S/c1-18-4-6-20(7-5-18)17-29(35(3,31)32)23-11-8-21(9-12-23)26(30)28-27-19(2)22-10-13-24-25(16-22)34-15-14-33-24/h4-13,16H,14-15,17H2,1-3H3,(H,28,30)/b27-19-. The summed E-state index contributed by atoms with van der Waals surface area (Å²) in [5, 5.41) is 4.19. The zero-order chi connectivity index (χ0) is 25.0. The van der Waals surface area contributed by atoms with Crippen molar-refractivity contribution in [3.05, 3.63) is 89.0 Å². The van der Waals surface area contributed by atoms with E-state index >= 15 is 0 Å². The van der Waals surface area contributed by atoms with Gasteiger partial charge in [0.15, 0.2) is 11.5 Å². The highest BCUT2D eigenvalue weighted by Crippen LogP contribution is 2.31. The van der Waals surface area contributed by atoms with Gasteiger partial charge in [0, 0.05) is 11.1 Å². The Labute approximate surface area is 205 Å². The lowest BCUT2D eigenvalue weighted by atomic mass is 10.1. The molecule has 9 heteroatoms. The van der Waals surface area contributed by atoms with Crippen LogP contribution in [0.25, 0.3) is 0 Å². The Morgan fingerprint density at radius 3 is 2.23 bits per heavy atom. The maximum atomic E-state index is 12.6. The molecule has 35 heavy (non-hydrogen) atoms.